The van der Waals surface area contributed by atoms with E-state index in [0.29, 0.717) is 59.9 Å². The van der Waals surface area contributed by atoms with Gasteiger partial charge in [0, 0.05) is 31.3 Å². The zero-order valence-electron chi connectivity index (χ0n) is 28.3. The number of thioether (sulfide) groups is 1. The van der Waals surface area contributed by atoms with E-state index in [2.05, 4.69) is 31.4 Å². The number of methoxy groups -OCH3 is 1. The number of amidine groups is 1. The highest BCUT2D eigenvalue weighted by Gasteiger charge is 2.34. The van der Waals surface area contributed by atoms with Gasteiger partial charge in [0.05, 0.1) is 31.0 Å². The van der Waals surface area contributed by atoms with E-state index in [1.54, 1.807) is 86.3 Å². The molecule has 1 aliphatic rings. The smallest absolute Gasteiger partial charge is 0.267 e. The molecule has 0 aliphatic carbocycles. The lowest BCUT2D eigenvalue weighted by Gasteiger charge is -2.13. The Labute approximate surface area is 328 Å². The number of halogens is 3. The lowest BCUT2D eigenvalue weighted by molar-refractivity contribution is -0.122. The molecular formula is C39H31BrCl2N4O6S. The Hall–Kier alpha value is -5.01. The minimum atomic E-state index is -0.318. The molecule has 53 heavy (non-hydrogen) atoms. The number of aryl methyl sites for hydroxylation is 1. The third-order valence-electron chi connectivity index (χ3n) is 7.67. The van der Waals surface area contributed by atoms with Gasteiger partial charge < -0.3 is 23.9 Å². The Morgan fingerprint density at radius 1 is 0.981 bits per heavy atom. The number of hydrogen-bond acceptors (Lipinski definition) is 9. The van der Waals surface area contributed by atoms with Crippen molar-refractivity contribution in [2.45, 2.75) is 20.1 Å². The number of amides is 2. The van der Waals surface area contributed by atoms with Crippen LogP contribution in [0.2, 0.25) is 10.0 Å². The maximum absolute atomic E-state index is 13.8. The van der Waals surface area contributed by atoms with Gasteiger partial charge in [-0.25, -0.2) is 0 Å². The fraction of sp³-hybridized carbons (Fsp3) is 0.128. The Bertz CT molecular complexity index is 2210. The van der Waals surface area contributed by atoms with Gasteiger partial charge >= 0.3 is 0 Å². The SMILES string of the molecule is COc1cc(/C=N/N=C2\S/C(=C\c3cc(Br)ccc3OCC(=O)Nc3ccc(C)cc3)C(=O)N2Cc2ccco2)ccc1OCc1ccc(Cl)cc1Cl. The quantitative estimate of drug-likeness (QED) is 0.0714. The van der Waals surface area contributed by atoms with Gasteiger partial charge in [0.1, 0.15) is 18.1 Å². The molecule has 2 amide bonds. The van der Waals surface area contributed by atoms with Crippen LogP contribution in [0.3, 0.4) is 0 Å². The van der Waals surface area contributed by atoms with Crippen LogP contribution in [0.25, 0.3) is 6.08 Å². The highest BCUT2D eigenvalue weighted by molar-refractivity contribution is 9.10. The van der Waals surface area contributed by atoms with Crippen molar-refractivity contribution in [3.05, 3.63) is 145 Å². The lowest BCUT2D eigenvalue weighted by atomic mass is 10.2. The maximum atomic E-state index is 13.8. The van der Waals surface area contributed by atoms with Gasteiger partial charge in [-0.3, -0.25) is 14.5 Å². The van der Waals surface area contributed by atoms with Crippen LogP contribution >= 0.6 is 50.9 Å². The Morgan fingerprint density at radius 2 is 1.79 bits per heavy atom. The Morgan fingerprint density at radius 3 is 2.55 bits per heavy atom. The normalized spacial score (nSPS) is 14.4. The summed E-state index contributed by atoms with van der Waals surface area (Å²) in [5.41, 5.74) is 3.81. The van der Waals surface area contributed by atoms with E-state index in [9.17, 15) is 9.59 Å². The van der Waals surface area contributed by atoms with Gasteiger partial charge in [0.15, 0.2) is 23.3 Å². The molecule has 0 atom stereocenters. The van der Waals surface area contributed by atoms with Crippen molar-refractivity contribution in [2.24, 2.45) is 10.2 Å². The Kier molecular flexibility index (Phi) is 12.6. The summed E-state index contributed by atoms with van der Waals surface area (Å²) in [6.07, 6.45) is 4.79. The minimum absolute atomic E-state index is 0.142. The first-order chi connectivity index (χ1) is 25.6. The first kappa shape index (κ1) is 37.7. The van der Waals surface area contributed by atoms with Crippen LogP contribution in [-0.2, 0) is 22.7 Å². The summed E-state index contributed by atoms with van der Waals surface area (Å²) < 4.78 is 23.7. The average Bonchev–Trinajstić information content (AvgIpc) is 3.76. The molecule has 6 rings (SSSR count). The van der Waals surface area contributed by atoms with Gasteiger partial charge in [-0.15, -0.1) is 5.10 Å². The molecule has 1 aliphatic heterocycles. The standard InChI is InChI=1S/C39H31BrCl2N4O6S/c1-24-5-11-30(12-6-24)44-37(47)23-52-33-14-9-28(40)17-27(33)18-36-38(48)46(21-31-4-3-15-50-31)39(53-36)45-43-20-25-7-13-34(35(16-25)49-2)51-22-26-8-10-29(41)19-32(26)42/h3-20H,21-23H2,1-2H3,(H,44,47)/b36-18-,43-20+,45-39-. The van der Waals surface area contributed by atoms with Crippen LogP contribution in [-0.4, -0.2) is 41.8 Å². The van der Waals surface area contributed by atoms with Crippen molar-refractivity contribution in [1.29, 1.82) is 0 Å². The van der Waals surface area contributed by atoms with Crippen molar-refractivity contribution in [2.75, 3.05) is 19.0 Å². The monoisotopic (exact) mass is 832 g/mol. The summed E-state index contributed by atoms with van der Waals surface area (Å²) in [6, 6.07) is 26.9. The van der Waals surface area contributed by atoms with Gasteiger partial charge in [0.25, 0.3) is 11.8 Å². The fourth-order valence-corrected chi connectivity index (χ4v) is 6.75. The number of furan rings is 1. The molecule has 1 aromatic heterocycles. The molecule has 5 aromatic rings. The molecule has 0 spiro atoms. The molecule has 1 fully saturated rings. The van der Waals surface area contributed by atoms with E-state index in [4.69, 9.17) is 41.8 Å². The van der Waals surface area contributed by atoms with E-state index in [-0.39, 0.29) is 31.6 Å². The maximum Gasteiger partial charge on any atom is 0.267 e. The zero-order valence-corrected chi connectivity index (χ0v) is 32.3. The van der Waals surface area contributed by atoms with Crippen molar-refractivity contribution >= 4 is 85.9 Å². The number of carbonyl (C=O) groups is 2. The van der Waals surface area contributed by atoms with Crippen molar-refractivity contribution < 1.29 is 28.2 Å². The molecule has 0 radical (unpaired) electrons. The number of anilines is 1. The Balaban J connectivity index is 1.19. The molecule has 0 bridgehead atoms. The third-order valence-corrected chi connectivity index (χ3v) is 9.75. The summed E-state index contributed by atoms with van der Waals surface area (Å²) in [4.78, 5) is 28.3. The largest absolute Gasteiger partial charge is 0.493 e. The minimum Gasteiger partial charge on any atom is -0.493 e. The second-order valence-electron chi connectivity index (χ2n) is 11.5. The molecule has 0 saturated carbocycles. The van der Waals surface area contributed by atoms with Crippen LogP contribution in [0.1, 0.15) is 28.0 Å². The van der Waals surface area contributed by atoms with E-state index in [1.807, 2.05) is 37.3 Å². The molecule has 14 heteroatoms. The van der Waals surface area contributed by atoms with Gasteiger partial charge in [-0.05, 0) is 103 Å². The van der Waals surface area contributed by atoms with Crippen molar-refractivity contribution in [3.8, 4) is 17.2 Å². The van der Waals surface area contributed by atoms with Crippen LogP contribution < -0.4 is 19.5 Å². The number of carbonyl (C=O) groups excluding carboxylic acids is 2. The topological polar surface area (TPSA) is 115 Å². The number of nitrogens with one attached hydrogen (secondary N) is 1. The second kappa shape index (κ2) is 17.7. The summed E-state index contributed by atoms with van der Waals surface area (Å²) in [5, 5.41) is 12.9. The highest BCUT2D eigenvalue weighted by Crippen LogP contribution is 2.36. The van der Waals surface area contributed by atoms with Crippen LogP contribution in [0.5, 0.6) is 17.2 Å². The number of nitrogens with zero attached hydrogens (tertiary/aromatic N) is 3. The molecule has 1 saturated heterocycles. The molecule has 10 nitrogen and oxygen atoms in total. The van der Waals surface area contributed by atoms with E-state index >= 15 is 0 Å². The summed E-state index contributed by atoms with van der Waals surface area (Å²) in [7, 11) is 1.54. The van der Waals surface area contributed by atoms with Gasteiger partial charge in [0.2, 0.25) is 0 Å². The van der Waals surface area contributed by atoms with Crippen molar-refractivity contribution in [1.82, 2.24) is 4.90 Å². The van der Waals surface area contributed by atoms with Crippen LogP contribution in [0.4, 0.5) is 5.69 Å². The fourth-order valence-electron chi connectivity index (χ4n) is 4.99. The highest BCUT2D eigenvalue weighted by atomic mass is 79.9. The first-order valence-corrected chi connectivity index (χ1v) is 18.4. The predicted molar refractivity (Wildman–Crippen MR) is 213 cm³/mol. The number of ether oxygens (including phenoxy) is 3. The summed E-state index contributed by atoms with van der Waals surface area (Å²) >= 11 is 17.0. The summed E-state index contributed by atoms with van der Waals surface area (Å²) in [6.45, 7) is 2.11. The summed E-state index contributed by atoms with van der Waals surface area (Å²) in [5.74, 6) is 1.38. The molecule has 1 N–H and O–H groups in total. The molecular weight excluding hydrogens is 803 g/mol. The number of rotatable bonds is 13. The zero-order chi connectivity index (χ0) is 37.3. The van der Waals surface area contributed by atoms with Crippen LogP contribution in [0.15, 0.2) is 121 Å². The predicted octanol–water partition coefficient (Wildman–Crippen LogP) is 9.77. The van der Waals surface area contributed by atoms with Gasteiger partial charge in [-0.1, -0.05) is 62.9 Å². The average molecular weight is 835 g/mol. The second-order valence-corrected chi connectivity index (χ2v) is 14.3. The molecule has 2 heterocycles. The van der Waals surface area contributed by atoms with Crippen LogP contribution in [0, 0.1) is 6.92 Å². The first-order valence-electron chi connectivity index (χ1n) is 16.0. The van der Waals surface area contributed by atoms with E-state index in [0.717, 1.165) is 27.4 Å². The van der Waals surface area contributed by atoms with Crippen molar-refractivity contribution in [3.63, 3.8) is 0 Å². The lowest BCUT2D eigenvalue weighted by Crippen LogP contribution is -2.28. The molecule has 270 valence electrons. The number of hydrogen-bond donors (Lipinski definition) is 1. The third kappa shape index (κ3) is 10.1. The van der Waals surface area contributed by atoms with Gasteiger partial charge in [-0.2, -0.15) is 5.10 Å². The number of benzene rings is 4. The van der Waals surface area contributed by atoms with E-state index < -0.39 is 0 Å². The van der Waals surface area contributed by atoms with E-state index in [1.165, 1.54) is 4.90 Å². The molecule has 4 aromatic carbocycles. The molecule has 0 unspecified atom stereocenters.